The van der Waals surface area contributed by atoms with E-state index in [2.05, 4.69) is 5.32 Å². The van der Waals surface area contributed by atoms with E-state index in [4.69, 9.17) is 4.18 Å². The van der Waals surface area contributed by atoms with Gasteiger partial charge in [-0.1, -0.05) is 19.3 Å². The van der Waals surface area contributed by atoms with Crippen LogP contribution >= 0.6 is 12.0 Å². The Hall–Kier alpha value is 0.270. The second-order valence-electron chi connectivity index (χ2n) is 3.21. The van der Waals surface area contributed by atoms with Crippen molar-refractivity contribution in [3.05, 3.63) is 0 Å². The van der Waals surface area contributed by atoms with Crippen molar-refractivity contribution in [1.82, 2.24) is 5.32 Å². The van der Waals surface area contributed by atoms with E-state index in [1.54, 1.807) is 0 Å². The van der Waals surface area contributed by atoms with Crippen molar-refractivity contribution in [3.8, 4) is 0 Å². The zero-order chi connectivity index (χ0) is 8.65. The summed E-state index contributed by atoms with van der Waals surface area (Å²) in [6.45, 7) is 2.82. The molecule has 0 aromatic rings. The van der Waals surface area contributed by atoms with E-state index in [0.717, 1.165) is 18.5 Å². The van der Waals surface area contributed by atoms with E-state index in [9.17, 15) is 0 Å². The van der Waals surface area contributed by atoms with Crippen molar-refractivity contribution >= 4 is 12.0 Å². The topological polar surface area (TPSA) is 21.3 Å². The maximum atomic E-state index is 5.18. The van der Waals surface area contributed by atoms with Gasteiger partial charge in [0, 0.05) is 18.1 Å². The van der Waals surface area contributed by atoms with Gasteiger partial charge in [0.25, 0.3) is 0 Å². The molecular formula is C9H19NOS. The van der Waals surface area contributed by atoms with Crippen molar-refractivity contribution in [2.24, 2.45) is 0 Å². The van der Waals surface area contributed by atoms with Crippen LogP contribution in [0.4, 0.5) is 0 Å². The number of hydrogen-bond donors (Lipinski definition) is 1. The lowest BCUT2D eigenvalue weighted by Gasteiger charge is -2.22. The second kappa shape index (κ2) is 6.75. The minimum absolute atomic E-state index is 0.756. The minimum Gasteiger partial charge on any atom is -0.314 e. The molecule has 0 aromatic carbocycles. The smallest absolute Gasteiger partial charge is 0.0687 e. The van der Waals surface area contributed by atoms with Crippen molar-refractivity contribution in [2.45, 2.75) is 45.1 Å². The van der Waals surface area contributed by atoms with E-state index in [1.165, 1.54) is 44.1 Å². The fraction of sp³-hybridized carbons (Fsp3) is 1.00. The van der Waals surface area contributed by atoms with Crippen LogP contribution in [0.5, 0.6) is 0 Å². The predicted octanol–water partition coefficient (Wildman–Crippen LogP) is 2.55. The molecule has 72 valence electrons. The molecule has 1 aliphatic rings. The molecule has 0 unspecified atom stereocenters. The lowest BCUT2D eigenvalue weighted by atomic mass is 9.96. The van der Waals surface area contributed by atoms with E-state index in [0.29, 0.717) is 0 Å². The Balaban J connectivity index is 1.91. The molecule has 1 N–H and O–H groups in total. The summed E-state index contributed by atoms with van der Waals surface area (Å²) < 4.78 is 5.18. The molecule has 0 bridgehead atoms. The first-order valence-electron chi connectivity index (χ1n) is 4.91. The van der Waals surface area contributed by atoms with Gasteiger partial charge in [-0.15, -0.1) is 0 Å². The molecule has 0 atom stereocenters. The van der Waals surface area contributed by atoms with Crippen LogP contribution in [0.3, 0.4) is 0 Å². The summed E-state index contributed by atoms with van der Waals surface area (Å²) in [7, 11) is 0. The van der Waals surface area contributed by atoms with E-state index < -0.39 is 0 Å². The fourth-order valence-corrected chi connectivity index (χ4v) is 2.14. The summed E-state index contributed by atoms with van der Waals surface area (Å²) in [5.41, 5.74) is 0. The summed E-state index contributed by atoms with van der Waals surface area (Å²) in [6, 6.07) is 0.756. The average molecular weight is 189 g/mol. The lowest BCUT2D eigenvalue weighted by Crippen LogP contribution is -2.30. The van der Waals surface area contributed by atoms with Crippen LogP contribution < -0.4 is 5.32 Å². The van der Waals surface area contributed by atoms with Crippen LogP contribution in [0.1, 0.15) is 39.0 Å². The predicted molar refractivity (Wildman–Crippen MR) is 54.1 cm³/mol. The van der Waals surface area contributed by atoms with Crippen LogP contribution in [0, 0.1) is 0 Å². The summed E-state index contributed by atoms with van der Waals surface area (Å²) >= 11 is 1.54. The zero-order valence-corrected chi connectivity index (χ0v) is 8.66. The Morgan fingerprint density at radius 1 is 1.33 bits per heavy atom. The molecule has 3 heteroatoms. The van der Waals surface area contributed by atoms with E-state index in [1.807, 2.05) is 6.92 Å². The Morgan fingerprint density at radius 2 is 2.08 bits per heavy atom. The third-order valence-corrected chi connectivity index (χ3v) is 2.92. The molecule has 2 nitrogen and oxygen atoms in total. The first kappa shape index (κ1) is 10.4. The van der Waals surface area contributed by atoms with E-state index in [-0.39, 0.29) is 0 Å². The molecule has 1 saturated carbocycles. The number of nitrogens with one attached hydrogen (secondary N) is 1. The maximum Gasteiger partial charge on any atom is 0.0687 e. The van der Waals surface area contributed by atoms with Gasteiger partial charge in [-0.2, -0.15) is 0 Å². The highest BCUT2D eigenvalue weighted by molar-refractivity contribution is 7.94. The van der Waals surface area contributed by atoms with Gasteiger partial charge in [0.1, 0.15) is 0 Å². The van der Waals surface area contributed by atoms with Crippen LogP contribution in [0.2, 0.25) is 0 Å². The maximum absolute atomic E-state index is 5.18. The number of hydrogen-bond acceptors (Lipinski definition) is 3. The van der Waals surface area contributed by atoms with Crippen molar-refractivity contribution < 1.29 is 4.18 Å². The van der Waals surface area contributed by atoms with Gasteiger partial charge < -0.3 is 9.50 Å². The third kappa shape index (κ3) is 4.33. The Kier molecular flexibility index (Phi) is 5.82. The molecule has 1 rings (SSSR count). The van der Waals surface area contributed by atoms with Crippen LogP contribution in [0.25, 0.3) is 0 Å². The van der Waals surface area contributed by atoms with Gasteiger partial charge >= 0.3 is 0 Å². The minimum atomic E-state index is 0.756. The van der Waals surface area contributed by atoms with E-state index >= 15 is 0 Å². The third-order valence-electron chi connectivity index (χ3n) is 2.24. The van der Waals surface area contributed by atoms with Crippen molar-refractivity contribution in [2.75, 3.05) is 12.5 Å². The molecular weight excluding hydrogens is 170 g/mol. The lowest BCUT2D eigenvalue weighted by molar-refractivity contribution is 0.376. The summed E-state index contributed by atoms with van der Waals surface area (Å²) in [4.78, 5) is 0. The highest BCUT2D eigenvalue weighted by Gasteiger charge is 2.11. The van der Waals surface area contributed by atoms with Gasteiger partial charge in [-0.3, -0.25) is 0 Å². The molecule has 0 amide bonds. The summed E-state index contributed by atoms with van der Waals surface area (Å²) in [6.07, 6.45) is 6.93. The second-order valence-corrected chi connectivity index (χ2v) is 3.97. The van der Waals surface area contributed by atoms with Crippen molar-refractivity contribution in [1.29, 1.82) is 0 Å². The average Bonchev–Trinajstić information content (AvgIpc) is 2.14. The Labute approximate surface area is 79.6 Å². The monoisotopic (exact) mass is 189 g/mol. The molecule has 1 aliphatic carbocycles. The molecule has 1 fully saturated rings. The molecule has 0 spiro atoms. The molecule has 0 radical (unpaired) electrons. The van der Waals surface area contributed by atoms with Crippen LogP contribution in [0.15, 0.2) is 0 Å². The first-order chi connectivity index (χ1) is 5.93. The first-order valence-corrected chi connectivity index (χ1v) is 5.82. The molecule has 0 heterocycles. The van der Waals surface area contributed by atoms with Gasteiger partial charge in [-0.25, -0.2) is 0 Å². The Bertz CT molecular complexity index is 105. The van der Waals surface area contributed by atoms with Gasteiger partial charge in [0.2, 0.25) is 0 Å². The highest BCUT2D eigenvalue weighted by Crippen LogP contribution is 2.17. The standard InChI is InChI=1S/C9H19NOS/c1-2-11-12-8-10-9-6-4-3-5-7-9/h9-10H,2-8H2,1H3. The van der Waals surface area contributed by atoms with Gasteiger partial charge in [0.05, 0.1) is 12.5 Å². The van der Waals surface area contributed by atoms with Crippen LogP contribution in [-0.2, 0) is 4.18 Å². The SMILES string of the molecule is CCOSCNC1CCCCC1. The number of rotatable bonds is 5. The molecule has 0 saturated heterocycles. The fourth-order valence-electron chi connectivity index (χ4n) is 1.58. The quantitative estimate of drug-likeness (QED) is 0.408. The van der Waals surface area contributed by atoms with Gasteiger partial charge in [0.15, 0.2) is 0 Å². The van der Waals surface area contributed by atoms with Gasteiger partial charge in [-0.05, 0) is 19.8 Å². The molecule has 0 aromatic heterocycles. The highest BCUT2D eigenvalue weighted by atomic mass is 32.2. The van der Waals surface area contributed by atoms with Crippen LogP contribution in [-0.4, -0.2) is 18.5 Å². The van der Waals surface area contributed by atoms with Crippen molar-refractivity contribution in [3.63, 3.8) is 0 Å². The zero-order valence-electron chi connectivity index (χ0n) is 7.84. The normalized spacial score (nSPS) is 19.8. The summed E-state index contributed by atoms with van der Waals surface area (Å²) in [5.74, 6) is 0.943. The molecule has 0 aliphatic heterocycles. The summed E-state index contributed by atoms with van der Waals surface area (Å²) in [5, 5.41) is 3.49. The molecule has 12 heavy (non-hydrogen) atoms. The largest absolute Gasteiger partial charge is 0.314 e. The Morgan fingerprint density at radius 3 is 2.75 bits per heavy atom.